The molecule has 2 nitrogen and oxygen atoms in total. The van der Waals surface area contributed by atoms with Crippen LogP contribution in [0.3, 0.4) is 0 Å². The zero-order valence-electron chi connectivity index (χ0n) is 15.8. The smallest absolute Gasteiger partial charge is 0.233 e. The van der Waals surface area contributed by atoms with Crippen molar-refractivity contribution < 1.29 is 13.2 Å². The molecule has 3 rings (SSSR count). The summed E-state index contributed by atoms with van der Waals surface area (Å²) in [6.45, 7) is 2.27. The van der Waals surface area contributed by atoms with E-state index in [2.05, 4.69) is 16.9 Å². The van der Waals surface area contributed by atoms with Gasteiger partial charge in [0.05, 0.1) is 0 Å². The van der Waals surface area contributed by atoms with Crippen molar-refractivity contribution in [2.45, 2.75) is 89.6 Å². The van der Waals surface area contributed by atoms with Gasteiger partial charge in [-0.3, -0.25) is 0 Å². The fourth-order valence-corrected chi connectivity index (χ4v) is 5.06. The van der Waals surface area contributed by atoms with Crippen LogP contribution in [0.25, 0.3) is 0 Å². The molecule has 2 fully saturated rings. The van der Waals surface area contributed by atoms with Gasteiger partial charge in [0.2, 0.25) is 5.82 Å². The number of halogens is 3. The Morgan fingerprint density at radius 2 is 1.42 bits per heavy atom. The maximum Gasteiger partial charge on any atom is 0.451 e. The number of alkyl halides is 3. The SMILES string of the molecule is CCCC[C@H]1CC[C@H](C2CCC(c3cnc(C(F)(F)F)nc3)CC2)CC1. The number of rotatable bonds is 5. The van der Waals surface area contributed by atoms with Crippen LogP contribution in [0.2, 0.25) is 0 Å². The molecule has 0 saturated heterocycles. The molecule has 0 radical (unpaired) electrons. The van der Waals surface area contributed by atoms with E-state index in [0.29, 0.717) is 5.92 Å². The summed E-state index contributed by atoms with van der Waals surface area (Å²) in [6, 6.07) is 0. The molecule has 2 aliphatic carbocycles. The molecule has 2 aliphatic rings. The number of hydrogen-bond acceptors (Lipinski definition) is 2. The van der Waals surface area contributed by atoms with E-state index in [1.807, 2.05) is 0 Å². The first-order chi connectivity index (χ1) is 12.5. The van der Waals surface area contributed by atoms with Gasteiger partial charge in [0.25, 0.3) is 0 Å². The standard InChI is InChI=1S/C21H31F3N2/c1-2-3-4-15-5-7-16(8-6-15)17-9-11-18(12-10-17)19-13-25-20(26-14-19)21(22,23)24/h13-18H,2-12H2,1H3/t15-,16-,17?,18?. The van der Waals surface area contributed by atoms with Crippen molar-refractivity contribution in [3.05, 3.63) is 23.8 Å². The third kappa shape index (κ3) is 4.98. The van der Waals surface area contributed by atoms with Crippen LogP contribution in [0, 0.1) is 17.8 Å². The molecule has 1 aromatic heterocycles. The number of unbranched alkanes of at least 4 members (excludes halogenated alkanes) is 1. The Morgan fingerprint density at radius 3 is 1.92 bits per heavy atom. The van der Waals surface area contributed by atoms with Crippen LogP contribution in [0.4, 0.5) is 13.2 Å². The maximum absolute atomic E-state index is 12.6. The van der Waals surface area contributed by atoms with E-state index in [1.165, 1.54) is 70.2 Å². The van der Waals surface area contributed by atoms with E-state index in [0.717, 1.165) is 36.2 Å². The number of hydrogen-bond donors (Lipinski definition) is 0. The molecule has 2 saturated carbocycles. The quantitative estimate of drug-likeness (QED) is 0.573. The Kier molecular flexibility index (Phi) is 6.57. The van der Waals surface area contributed by atoms with Gasteiger partial charge >= 0.3 is 6.18 Å². The summed E-state index contributed by atoms with van der Waals surface area (Å²) in [5, 5.41) is 0. The van der Waals surface area contributed by atoms with E-state index < -0.39 is 12.0 Å². The first-order valence-electron chi connectivity index (χ1n) is 10.4. The number of nitrogens with zero attached hydrogens (tertiary/aromatic N) is 2. The molecule has 1 heterocycles. The van der Waals surface area contributed by atoms with E-state index in [1.54, 1.807) is 0 Å². The van der Waals surface area contributed by atoms with Gasteiger partial charge in [0.1, 0.15) is 0 Å². The van der Waals surface area contributed by atoms with Crippen molar-refractivity contribution in [1.29, 1.82) is 0 Å². The minimum absolute atomic E-state index is 0.328. The Hall–Kier alpha value is -1.13. The van der Waals surface area contributed by atoms with Gasteiger partial charge < -0.3 is 0 Å². The lowest BCUT2D eigenvalue weighted by molar-refractivity contribution is -0.145. The zero-order valence-corrected chi connectivity index (χ0v) is 15.8. The van der Waals surface area contributed by atoms with E-state index in [4.69, 9.17) is 0 Å². The predicted molar refractivity (Wildman–Crippen MR) is 96.7 cm³/mol. The lowest BCUT2D eigenvalue weighted by Gasteiger charge is -2.38. The molecular formula is C21H31F3N2. The molecule has 0 amide bonds. The van der Waals surface area contributed by atoms with E-state index >= 15 is 0 Å². The molecule has 26 heavy (non-hydrogen) atoms. The molecule has 0 atom stereocenters. The second-order valence-corrected chi connectivity index (χ2v) is 8.37. The van der Waals surface area contributed by atoms with Crippen molar-refractivity contribution in [2.75, 3.05) is 0 Å². The van der Waals surface area contributed by atoms with E-state index in [-0.39, 0.29) is 0 Å². The van der Waals surface area contributed by atoms with Crippen LogP contribution < -0.4 is 0 Å². The maximum atomic E-state index is 12.6. The molecule has 5 heteroatoms. The van der Waals surface area contributed by atoms with E-state index in [9.17, 15) is 13.2 Å². The molecule has 146 valence electrons. The van der Waals surface area contributed by atoms with Gasteiger partial charge in [-0.05, 0) is 67.8 Å². The summed E-state index contributed by atoms with van der Waals surface area (Å²) in [5.41, 5.74) is 0.875. The first kappa shape index (κ1) is 19.6. The summed E-state index contributed by atoms with van der Waals surface area (Å²) in [4.78, 5) is 7.06. The van der Waals surface area contributed by atoms with Crippen molar-refractivity contribution in [1.82, 2.24) is 9.97 Å². The van der Waals surface area contributed by atoms with Crippen LogP contribution in [-0.2, 0) is 6.18 Å². The van der Waals surface area contributed by atoms with Gasteiger partial charge in [0, 0.05) is 12.4 Å². The lowest BCUT2D eigenvalue weighted by atomic mass is 9.68. The first-order valence-corrected chi connectivity index (χ1v) is 10.4. The van der Waals surface area contributed by atoms with Gasteiger partial charge in [0.15, 0.2) is 0 Å². The fourth-order valence-electron chi connectivity index (χ4n) is 5.06. The van der Waals surface area contributed by atoms with Gasteiger partial charge in [-0.2, -0.15) is 13.2 Å². The van der Waals surface area contributed by atoms with Crippen LogP contribution in [0.5, 0.6) is 0 Å². The van der Waals surface area contributed by atoms with Crippen LogP contribution in [0.1, 0.15) is 94.9 Å². The third-order valence-electron chi connectivity index (χ3n) is 6.69. The Morgan fingerprint density at radius 1 is 0.885 bits per heavy atom. The molecule has 0 aliphatic heterocycles. The van der Waals surface area contributed by atoms with Gasteiger partial charge in [-0.25, -0.2) is 9.97 Å². The summed E-state index contributed by atoms with van der Waals surface area (Å²) in [6.07, 6.45) is 12.5. The topological polar surface area (TPSA) is 25.8 Å². The van der Waals surface area contributed by atoms with Crippen LogP contribution >= 0.6 is 0 Å². The summed E-state index contributed by atoms with van der Waals surface area (Å²) in [5.74, 6) is 1.93. The molecule has 1 aromatic rings. The third-order valence-corrected chi connectivity index (χ3v) is 6.69. The highest BCUT2D eigenvalue weighted by atomic mass is 19.4. The van der Waals surface area contributed by atoms with Crippen molar-refractivity contribution in [3.63, 3.8) is 0 Å². The largest absolute Gasteiger partial charge is 0.451 e. The summed E-state index contributed by atoms with van der Waals surface area (Å²) >= 11 is 0. The van der Waals surface area contributed by atoms with Crippen molar-refractivity contribution in [2.24, 2.45) is 17.8 Å². The summed E-state index contributed by atoms with van der Waals surface area (Å²) < 4.78 is 37.8. The molecule has 0 N–H and O–H groups in total. The summed E-state index contributed by atoms with van der Waals surface area (Å²) in [7, 11) is 0. The second-order valence-electron chi connectivity index (χ2n) is 8.37. The van der Waals surface area contributed by atoms with Crippen molar-refractivity contribution in [3.8, 4) is 0 Å². The molecule has 0 spiro atoms. The highest BCUT2D eigenvalue weighted by molar-refractivity contribution is 5.13. The average molecular weight is 368 g/mol. The lowest BCUT2D eigenvalue weighted by Crippen LogP contribution is -2.25. The predicted octanol–water partition coefficient (Wildman–Crippen LogP) is 6.77. The molecular weight excluding hydrogens is 337 g/mol. The monoisotopic (exact) mass is 368 g/mol. The highest BCUT2D eigenvalue weighted by Gasteiger charge is 2.35. The number of aromatic nitrogens is 2. The van der Waals surface area contributed by atoms with Crippen molar-refractivity contribution >= 4 is 0 Å². The van der Waals surface area contributed by atoms with Gasteiger partial charge in [-0.1, -0.05) is 39.0 Å². The Labute approximate surface area is 155 Å². The Balaban J connectivity index is 1.46. The van der Waals surface area contributed by atoms with Gasteiger partial charge in [-0.15, -0.1) is 0 Å². The Bertz CT molecular complexity index is 539. The van der Waals surface area contributed by atoms with Crippen LogP contribution in [-0.4, -0.2) is 9.97 Å². The fraction of sp³-hybridized carbons (Fsp3) is 0.810. The molecule has 0 bridgehead atoms. The second kappa shape index (κ2) is 8.71. The highest BCUT2D eigenvalue weighted by Crippen LogP contribution is 2.44. The molecule has 0 aromatic carbocycles. The minimum Gasteiger partial charge on any atom is -0.233 e. The minimum atomic E-state index is -4.45. The van der Waals surface area contributed by atoms with Crippen LogP contribution in [0.15, 0.2) is 12.4 Å². The molecule has 0 unspecified atom stereocenters. The normalized spacial score (nSPS) is 30.3. The zero-order chi connectivity index (χ0) is 18.6. The average Bonchev–Trinajstić information content (AvgIpc) is 2.66.